The van der Waals surface area contributed by atoms with Crippen LogP contribution in [0.4, 0.5) is 0 Å². The van der Waals surface area contributed by atoms with Crippen LogP contribution in [0.3, 0.4) is 0 Å². The van der Waals surface area contributed by atoms with E-state index in [-0.39, 0.29) is 0 Å². The number of allylic oxidation sites excluding steroid dienone is 17. The molecule has 0 bridgehead atoms. The third-order valence-corrected chi connectivity index (χ3v) is 26.2. The molecule has 3 heterocycles. The fourth-order valence-corrected chi connectivity index (χ4v) is 23.3. The molecule has 58 heavy (non-hydrogen) atoms. The van der Waals surface area contributed by atoms with Crippen molar-refractivity contribution in [2.45, 2.75) is 6.92 Å². The first kappa shape index (κ1) is 37.2. The van der Waals surface area contributed by atoms with Crippen molar-refractivity contribution in [3.05, 3.63) is 287 Å². The monoisotopic (exact) mass is 790 g/mol. The van der Waals surface area contributed by atoms with Crippen LogP contribution in [0.5, 0.6) is 0 Å². The molecule has 3 aliphatic heterocycles. The average molecular weight is 791 g/mol. The van der Waals surface area contributed by atoms with E-state index in [1.54, 1.807) is 0 Å². The lowest BCUT2D eigenvalue weighted by Gasteiger charge is -2.35. The normalized spacial score (nSPS) is 17.7. The van der Waals surface area contributed by atoms with Crippen LogP contribution in [0.1, 0.15) is 6.92 Å². The van der Waals surface area contributed by atoms with Crippen molar-refractivity contribution >= 4 is 55.3 Å². The summed E-state index contributed by atoms with van der Waals surface area (Å²) in [6.07, 6.45) is 28.7. The molecule has 9 rings (SSSR count). The smallest absolute Gasteiger partial charge is 0.0877 e. The van der Waals surface area contributed by atoms with Crippen LogP contribution in [0.15, 0.2) is 287 Å². The van der Waals surface area contributed by atoms with Crippen LogP contribution >= 0.6 is 0 Å². The molecule has 278 valence electrons. The van der Waals surface area contributed by atoms with Gasteiger partial charge in [-0.25, -0.2) is 0 Å². The van der Waals surface area contributed by atoms with Crippen molar-refractivity contribution in [2.75, 3.05) is 0 Å². The lowest BCUT2D eigenvalue weighted by Crippen LogP contribution is -2.61. The van der Waals surface area contributed by atoms with Crippen molar-refractivity contribution in [1.82, 2.24) is 0 Å². The van der Waals surface area contributed by atoms with Gasteiger partial charge in [0.2, 0.25) is 0 Å². The van der Waals surface area contributed by atoms with Crippen LogP contribution in [0, 0.1) is 0 Å². The summed E-state index contributed by atoms with van der Waals surface area (Å²) in [5.74, 6) is 0. The van der Waals surface area contributed by atoms with E-state index in [9.17, 15) is 0 Å². The molecular weight excluding hydrogens is 745 g/mol. The topological polar surface area (TPSA) is 0 Å². The van der Waals surface area contributed by atoms with Crippen molar-refractivity contribution in [1.29, 1.82) is 0 Å². The highest BCUT2D eigenvalue weighted by molar-refractivity contribution is 7.15. The van der Waals surface area contributed by atoms with Gasteiger partial charge in [-0.15, -0.1) is 0 Å². The van der Waals surface area contributed by atoms with Gasteiger partial charge in [0.1, 0.15) is 0 Å². The molecule has 0 amide bonds. The molecule has 0 spiro atoms. The van der Waals surface area contributed by atoms with E-state index in [1.165, 1.54) is 57.1 Å². The Morgan fingerprint density at radius 3 is 0.879 bits per heavy atom. The SMILES string of the molecule is CC=CC1=CC=C(C=CC2=CC=C(C=CC3=CC=C[Si]3(c3ccccc3)c3ccccc3)[Si]2(c2ccccc2)c2ccccc2)[Si]1(c1ccccc1)c1ccccc1. The predicted octanol–water partition coefficient (Wildman–Crippen LogP) is 8.93. The van der Waals surface area contributed by atoms with Crippen molar-refractivity contribution in [3.8, 4) is 0 Å². The molecule has 0 unspecified atom stereocenters. The van der Waals surface area contributed by atoms with Gasteiger partial charge < -0.3 is 0 Å². The Hall–Kier alpha value is -6.37. The maximum atomic E-state index is 2.51. The quantitative estimate of drug-likeness (QED) is 0.115. The molecule has 0 saturated heterocycles. The van der Waals surface area contributed by atoms with E-state index in [0.717, 1.165) is 0 Å². The summed E-state index contributed by atoms with van der Waals surface area (Å²) >= 11 is 0. The first-order valence-electron chi connectivity index (χ1n) is 20.3. The summed E-state index contributed by atoms with van der Waals surface area (Å²) in [6.45, 7) is 2.14. The first-order valence-corrected chi connectivity index (χ1v) is 26.4. The summed E-state index contributed by atoms with van der Waals surface area (Å²) < 4.78 is 0. The first-order chi connectivity index (χ1) is 28.7. The second-order valence-electron chi connectivity index (χ2n) is 15.1. The van der Waals surface area contributed by atoms with Gasteiger partial charge in [-0.3, -0.25) is 0 Å². The minimum Gasteiger partial charge on any atom is -0.0877 e. The fourth-order valence-electron chi connectivity index (χ4n) is 9.68. The second kappa shape index (κ2) is 16.2. The lowest BCUT2D eigenvalue weighted by atomic mass is 10.3. The van der Waals surface area contributed by atoms with Crippen LogP contribution in [-0.4, -0.2) is 24.2 Å². The van der Waals surface area contributed by atoms with E-state index in [1.807, 2.05) is 0 Å². The van der Waals surface area contributed by atoms with E-state index in [4.69, 9.17) is 0 Å². The van der Waals surface area contributed by atoms with Crippen LogP contribution in [0.25, 0.3) is 0 Å². The Morgan fingerprint density at radius 2 is 0.569 bits per heavy atom. The van der Waals surface area contributed by atoms with Gasteiger partial charge in [-0.1, -0.05) is 261 Å². The average Bonchev–Trinajstić information content (AvgIpc) is 4.01. The van der Waals surface area contributed by atoms with E-state index < -0.39 is 24.2 Å². The standard InChI is InChI=1S/C55H46Si3/c1-2-22-48-38-39-54(57(48,49-27-13-5-14-28-49)50-29-15-6-16-30-50)41-43-55-42-40-53(58(55,51-31-17-7-18-32-51)52-33-19-8-20-34-52)37-36-47-35-21-44-56(47,45-23-9-3-10-24-45)46-25-11-4-12-26-46/h2-44H,1H3. The largest absolute Gasteiger partial charge is 0.179 e. The Bertz CT molecular complexity index is 2560. The molecule has 0 nitrogen and oxygen atoms in total. The highest BCUT2D eigenvalue weighted by Gasteiger charge is 2.48. The van der Waals surface area contributed by atoms with Crippen molar-refractivity contribution < 1.29 is 0 Å². The molecule has 0 radical (unpaired) electrons. The van der Waals surface area contributed by atoms with Gasteiger partial charge in [0.15, 0.2) is 24.2 Å². The van der Waals surface area contributed by atoms with E-state index in [2.05, 4.69) is 268 Å². The summed E-state index contributed by atoms with van der Waals surface area (Å²) in [7, 11) is -7.73. The number of hydrogen-bond donors (Lipinski definition) is 0. The van der Waals surface area contributed by atoms with Gasteiger partial charge in [-0.2, -0.15) is 0 Å². The zero-order valence-corrected chi connectivity index (χ0v) is 35.8. The van der Waals surface area contributed by atoms with Gasteiger partial charge in [-0.05, 0) is 64.0 Å². The molecule has 3 aliphatic rings. The summed E-state index contributed by atoms with van der Waals surface area (Å²) in [6, 6.07) is 67.4. The number of hydrogen-bond acceptors (Lipinski definition) is 0. The van der Waals surface area contributed by atoms with Crippen LogP contribution in [-0.2, 0) is 0 Å². The Kier molecular flexibility index (Phi) is 10.4. The van der Waals surface area contributed by atoms with E-state index >= 15 is 0 Å². The summed E-state index contributed by atoms with van der Waals surface area (Å²) in [4.78, 5) is 0. The number of benzene rings is 6. The summed E-state index contributed by atoms with van der Waals surface area (Å²) in [5.41, 5.74) is 2.51. The van der Waals surface area contributed by atoms with Crippen LogP contribution in [0.2, 0.25) is 0 Å². The second-order valence-corrected chi connectivity index (χ2v) is 26.4. The van der Waals surface area contributed by atoms with Crippen LogP contribution < -0.4 is 31.1 Å². The van der Waals surface area contributed by atoms with Gasteiger partial charge in [0.25, 0.3) is 0 Å². The maximum Gasteiger partial charge on any atom is 0.179 e. The molecule has 0 fully saturated rings. The highest BCUT2D eigenvalue weighted by atomic mass is 28.3. The molecule has 0 saturated carbocycles. The zero-order chi connectivity index (χ0) is 39.3. The molecule has 3 heteroatoms. The molecule has 6 aromatic carbocycles. The Balaban J connectivity index is 1.19. The lowest BCUT2D eigenvalue weighted by molar-refractivity contribution is 1.63. The predicted molar refractivity (Wildman–Crippen MR) is 256 cm³/mol. The molecule has 0 aliphatic carbocycles. The summed E-state index contributed by atoms with van der Waals surface area (Å²) in [5, 5.41) is 15.4. The fraction of sp³-hybridized carbons (Fsp3) is 0.0182. The van der Waals surface area contributed by atoms with Gasteiger partial charge >= 0.3 is 0 Å². The minimum absolute atomic E-state index is 1.39. The third kappa shape index (κ3) is 6.20. The maximum absolute atomic E-state index is 2.76. The Labute approximate surface area is 347 Å². The van der Waals surface area contributed by atoms with Crippen molar-refractivity contribution in [3.63, 3.8) is 0 Å². The highest BCUT2D eigenvalue weighted by Crippen LogP contribution is 2.36. The minimum atomic E-state index is -2.76. The third-order valence-electron chi connectivity index (χ3n) is 12.2. The molecule has 6 aromatic rings. The number of rotatable bonds is 11. The van der Waals surface area contributed by atoms with E-state index in [0.29, 0.717) is 0 Å². The Morgan fingerprint density at radius 1 is 0.293 bits per heavy atom. The molecular formula is C55H46Si3. The van der Waals surface area contributed by atoms with Crippen molar-refractivity contribution in [2.24, 2.45) is 0 Å². The molecule has 0 N–H and O–H groups in total. The van der Waals surface area contributed by atoms with Gasteiger partial charge in [0.05, 0.1) is 0 Å². The molecule has 0 aromatic heterocycles. The van der Waals surface area contributed by atoms with Gasteiger partial charge in [0, 0.05) is 0 Å². The molecule has 0 atom stereocenters. The zero-order valence-electron chi connectivity index (χ0n) is 32.8.